The van der Waals surface area contributed by atoms with Gasteiger partial charge in [-0.1, -0.05) is 6.07 Å². The molecule has 5 rings (SSSR count). The van der Waals surface area contributed by atoms with Crippen LogP contribution in [0.2, 0.25) is 0 Å². The van der Waals surface area contributed by atoms with Crippen molar-refractivity contribution in [2.24, 2.45) is 5.92 Å². The molecule has 2 aliphatic rings. The maximum Gasteiger partial charge on any atom is 0.416 e. The Bertz CT molecular complexity index is 1170. The van der Waals surface area contributed by atoms with Crippen LogP contribution in [0, 0.1) is 5.92 Å². The first-order valence-electron chi connectivity index (χ1n) is 12.1. The summed E-state index contributed by atoms with van der Waals surface area (Å²) in [6.45, 7) is 3.51. The van der Waals surface area contributed by atoms with Gasteiger partial charge in [0.1, 0.15) is 0 Å². The second-order valence-corrected chi connectivity index (χ2v) is 9.14. The van der Waals surface area contributed by atoms with E-state index in [9.17, 15) is 18.0 Å². The summed E-state index contributed by atoms with van der Waals surface area (Å²) in [7, 11) is 0. The molecule has 7 nitrogen and oxygen atoms in total. The number of carbonyl (C=O) groups is 1. The van der Waals surface area contributed by atoms with Crippen LogP contribution in [0.4, 0.5) is 24.7 Å². The number of rotatable bonds is 4. The van der Waals surface area contributed by atoms with Crippen LogP contribution in [-0.4, -0.2) is 65.3 Å². The highest BCUT2D eigenvalue weighted by atomic mass is 19.4. The molecule has 188 valence electrons. The van der Waals surface area contributed by atoms with Gasteiger partial charge >= 0.3 is 6.18 Å². The van der Waals surface area contributed by atoms with Crippen molar-refractivity contribution >= 4 is 17.4 Å². The number of halogens is 3. The standard InChI is InChI=1S/C26H27F3N6O/c27-26(28,29)21-4-1-5-22(17-21)33-13-15-35(16-14-33)25(36)19-8-11-34(12-9-19)24-7-6-23(31-32-24)20-3-2-10-30-18-20/h1-7,10,17-19H,8-9,11-16H2. The van der Waals surface area contributed by atoms with E-state index in [1.54, 1.807) is 18.5 Å². The normalized spacial score (nSPS) is 17.4. The summed E-state index contributed by atoms with van der Waals surface area (Å²) >= 11 is 0. The Hall–Kier alpha value is -3.69. The average Bonchev–Trinajstić information content (AvgIpc) is 2.93. The lowest BCUT2D eigenvalue weighted by Crippen LogP contribution is -2.51. The summed E-state index contributed by atoms with van der Waals surface area (Å²) < 4.78 is 39.1. The second kappa shape index (κ2) is 10.1. The van der Waals surface area contributed by atoms with Crippen LogP contribution in [0.5, 0.6) is 0 Å². The summed E-state index contributed by atoms with van der Waals surface area (Å²) in [6, 6.07) is 13.1. The monoisotopic (exact) mass is 496 g/mol. The van der Waals surface area contributed by atoms with E-state index >= 15 is 0 Å². The van der Waals surface area contributed by atoms with E-state index in [0.717, 1.165) is 49.1 Å². The maximum absolute atomic E-state index is 13.1. The predicted molar refractivity (Wildman–Crippen MR) is 130 cm³/mol. The highest BCUT2D eigenvalue weighted by molar-refractivity contribution is 5.79. The summed E-state index contributed by atoms with van der Waals surface area (Å²) in [6.07, 6.45) is 0.570. The minimum Gasteiger partial charge on any atom is -0.368 e. The van der Waals surface area contributed by atoms with Gasteiger partial charge in [0.15, 0.2) is 5.82 Å². The van der Waals surface area contributed by atoms with Crippen LogP contribution in [0.1, 0.15) is 18.4 Å². The average molecular weight is 497 g/mol. The number of aromatic nitrogens is 3. The third-order valence-electron chi connectivity index (χ3n) is 6.91. The molecule has 3 aromatic rings. The number of piperidine rings is 1. The fourth-order valence-corrected chi connectivity index (χ4v) is 4.84. The quantitative estimate of drug-likeness (QED) is 0.542. The molecule has 4 heterocycles. The summed E-state index contributed by atoms with van der Waals surface area (Å²) in [5, 5.41) is 8.70. The molecule has 1 aromatic carbocycles. The molecule has 1 amide bonds. The van der Waals surface area contributed by atoms with E-state index in [4.69, 9.17) is 0 Å². The topological polar surface area (TPSA) is 65.5 Å². The molecular weight excluding hydrogens is 469 g/mol. The molecule has 2 aliphatic heterocycles. The number of piperazine rings is 1. The highest BCUT2D eigenvalue weighted by Gasteiger charge is 2.33. The van der Waals surface area contributed by atoms with Gasteiger partial charge in [-0.3, -0.25) is 9.78 Å². The van der Waals surface area contributed by atoms with Crippen molar-refractivity contribution in [3.8, 4) is 11.3 Å². The molecule has 0 spiro atoms. The second-order valence-electron chi connectivity index (χ2n) is 9.14. The molecule has 0 atom stereocenters. The number of nitrogens with zero attached hydrogens (tertiary/aromatic N) is 6. The maximum atomic E-state index is 13.1. The lowest BCUT2D eigenvalue weighted by molar-refractivity contribution is -0.137. The minimum absolute atomic E-state index is 0.0519. The number of amides is 1. The fourth-order valence-electron chi connectivity index (χ4n) is 4.84. The number of pyridine rings is 1. The van der Waals surface area contributed by atoms with Crippen molar-refractivity contribution < 1.29 is 18.0 Å². The van der Waals surface area contributed by atoms with Gasteiger partial charge in [-0.05, 0) is 55.3 Å². The van der Waals surface area contributed by atoms with E-state index in [1.165, 1.54) is 12.1 Å². The molecule has 36 heavy (non-hydrogen) atoms. The Morgan fingerprint density at radius 1 is 0.861 bits per heavy atom. The number of hydrogen-bond acceptors (Lipinski definition) is 6. The van der Waals surface area contributed by atoms with E-state index in [-0.39, 0.29) is 11.8 Å². The van der Waals surface area contributed by atoms with Gasteiger partial charge in [-0.2, -0.15) is 13.2 Å². The van der Waals surface area contributed by atoms with E-state index < -0.39 is 11.7 Å². The first kappa shape index (κ1) is 24.0. The lowest BCUT2D eigenvalue weighted by Gasteiger charge is -2.39. The van der Waals surface area contributed by atoms with Crippen molar-refractivity contribution in [1.29, 1.82) is 0 Å². The zero-order valence-electron chi connectivity index (χ0n) is 19.7. The summed E-state index contributed by atoms with van der Waals surface area (Å²) in [5.74, 6) is 0.878. The highest BCUT2D eigenvalue weighted by Crippen LogP contribution is 2.32. The van der Waals surface area contributed by atoms with Crippen LogP contribution in [-0.2, 0) is 11.0 Å². The minimum atomic E-state index is -4.37. The number of alkyl halides is 3. The largest absolute Gasteiger partial charge is 0.416 e. The Balaban J connectivity index is 1.12. The first-order valence-corrected chi connectivity index (χ1v) is 12.1. The fraction of sp³-hybridized carbons (Fsp3) is 0.385. The van der Waals surface area contributed by atoms with Crippen LogP contribution >= 0.6 is 0 Å². The van der Waals surface area contributed by atoms with Gasteiger partial charge in [0, 0.05) is 68.8 Å². The van der Waals surface area contributed by atoms with Crippen molar-refractivity contribution in [1.82, 2.24) is 20.1 Å². The number of benzene rings is 1. The predicted octanol–water partition coefficient (Wildman–Crippen LogP) is 4.12. The molecule has 0 unspecified atom stereocenters. The Kier molecular flexibility index (Phi) is 6.75. The molecular formula is C26H27F3N6O. The van der Waals surface area contributed by atoms with E-state index in [2.05, 4.69) is 20.1 Å². The van der Waals surface area contributed by atoms with Gasteiger partial charge in [0.2, 0.25) is 5.91 Å². The zero-order valence-corrected chi connectivity index (χ0v) is 19.7. The molecule has 2 aromatic heterocycles. The lowest BCUT2D eigenvalue weighted by atomic mass is 9.95. The van der Waals surface area contributed by atoms with Crippen LogP contribution < -0.4 is 9.80 Å². The van der Waals surface area contributed by atoms with Gasteiger partial charge < -0.3 is 14.7 Å². The molecule has 2 saturated heterocycles. The van der Waals surface area contributed by atoms with Crippen LogP contribution in [0.25, 0.3) is 11.3 Å². The van der Waals surface area contributed by atoms with Crippen molar-refractivity contribution in [3.05, 3.63) is 66.5 Å². The Labute approximate surface area is 207 Å². The first-order chi connectivity index (χ1) is 17.4. The van der Waals surface area contributed by atoms with Gasteiger partial charge in [0.25, 0.3) is 0 Å². The molecule has 0 aliphatic carbocycles. The smallest absolute Gasteiger partial charge is 0.368 e. The summed E-state index contributed by atoms with van der Waals surface area (Å²) in [4.78, 5) is 23.2. The Morgan fingerprint density at radius 2 is 1.64 bits per heavy atom. The number of hydrogen-bond donors (Lipinski definition) is 0. The third kappa shape index (κ3) is 5.27. The molecule has 0 radical (unpaired) electrons. The van der Waals surface area contributed by atoms with Crippen LogP contribution in [0.15, 0.2) is 60.9 Å². The summed E-state index contributed by atoms with van der Waals surface area (Å²) in [5.41, 5.74) is 1.57. The van der Waals surface area contributed by atoms with Gasteiger partial charge in [-0.25, -0.2) is 0 Å². The molecule has 2 fully saturated rings. The molecule has 0 saturated carbocycles. The Morgan fingerprint density at radius 3 is 2.28 bits per heavy atom. The third-order valence-corrected chi connectivity index (χ3v) is 6.91. The van der Waals surface area contributed by atoms with Crippen molar-refractivity contribution in [2.45, 2.75) is 19.0 Å². The van der Waals surface area contributed by atoms with Crippen LogP contribution in [0.3, 0.4) is 0 Å². The SMILES string of the molecule is O=C(C1CCN(c2ccc(-c3cccnc3)nn2)CC1)N1CCN(c2cccc(C(F)(F)F)c2)CC1. The molecule has 0 bridgehead atoms. The van der Waals surface area contributed by atoms with Crippen molar-refractivity contribution in [2.75, 3.05) is 49.1 Å². The number of anilines is 2. The van der Waals surface area contributed by atoms with E-state index in [1.807, 2.05) is 34.1 Å². The van der Waals surface area contributed by atoms with E-state index in [0.29, 0.717) is 31.9 Å². The van der Waals surface area contributed by atoms with Gasteiger partial charge in [-0.15, -0.1) is 10.2 Å². The zero-order chi connectivity index (χ0) is 25.1. The van der Waals surface area contributed by atoms with Crippen molar-refractivity contribution in [3.63, 3.8) is 0 Å². The van der Waals surface area contributed by atoms with Gasteiger partial charge in [0.05, 0.1) is 11.3 Å². The molecule has 10 heteroatoms. The molecule has 0 N–H and O–H groups in total. The number of carbonyl (C=O) groups excluding carboxylic acids is 1.